The molecule has 1 saturated heterocycles. The van der Waals surface area contributed by atoms with Gasteiger partial charge in [-0.1, -0.05) is 48.2 Å². The highest BCUT2D eigenvalue weighted by Crippen LogP contribution is 2.34. The van der Waals surface area contributed by atoms with E-state index in [4.69, 9.17) is 31.2 Å². The molecule has 1 amide bonds. The molecule has 6 nitrogen and oxygen atoms in total. The third kappa shape index (κ3) is 5.98. The van der Waals surface area contributed by atoms with Crippen LogP contribution in [-0.2, 0) is 9.53 Å². The zero-order chi connectivity index (χ0) is 21.3. The molecule has 0 saturated carbocycles. The minimum atomic E-state index is -0.0994. The topological polar surface area (TPSA) is 57.2 Å². The monoisotopic (exact) mass is 445 g/mol. The molecule has 2 aromatic rings. The summed E-state index contributed by atoms with van der Waals surface area (Å²) in [4.78, 5) is 14.2. The molecule has 0 aromatic heterocycles. The molecule has 3 rings (SSSR count). The van der Waals surface area contributed by atoms with E-state index in [0.717, 1.165) is 11.3 Å². The van der Waals surface area contributed by atoms with Crippen molar-refractivity contribution in [1.29, 1.82) is 0 Å². The van der Waals surface area contributed by atoms with Crippen LogP contribution in [0, 0.1) is 0 Å². The molecule has 8 heteroatoms. The van der Waals surface area contributed by atoms with E-state index in [0.29, 0.717) is 47.2 Å². The van der Waals surface area contributed by atoms with Crippen molar-refractivity contribution < 1.29 is 23.7 Å². The fraction of sp³-hybridized carbons (Fsp3) is 0.273. The molecule has 30 heavy (non-hydrogen) atoms. The van der Waals surface area contributed by atoms with Crippen molar-refractivity contribution in [1.82, 2.24) is 4.90 Å². The van der Waals surface area contributed by atoms with Crippen molar-refractivity contribution in [2.75, 3.05) is 40.6 Å². The van der Waals surface area contributed by atoms with E-state index in [2.05, 4.69) is 0 Å². The Balaban J connectivity index is 1.45. The van der Waals surface area contributed by atoms with Crippen molar-refractivity contribution in [3.8, 4) is 17.2 Å². The van der Waals surface area contributed by atoms with Crippen LogP contribution in [0.25, 0.3) is 6.08 Å². The molecule has 0 bridgehead atoms. The Kier molecular flexibility index (Phi) is 8.12. The first-order valence-corrected chi connectivity index (χ1v) is 10.6. The standard InChI is InChI=1S/C22H23NO5S2/c1-23-21(24)20(30-22(23)29)15-16-8-9-18(19(14-16)25-2)28-13-11-26-10-12-27-17-6-4-3-5-7-17/h3-9,14-15H,10-13H2,1-2H3/b20-15+. The first-order chi connectivity index (χ1) is 14.6. The Bertz CT molecular complexity index is 917. The van der Waals surface area contributed by atoms with E-state index < -0.39 is 0 Å². The molecule has 0 radical (unpaired) electrons. The molecule has 0 N–H and O–H groups in total. The van der Waals surface area contributed by atoms with Crippen LogP contribution in [0.3, 0.4) is 0 Å². The number of nitrogens with zero attached hydrogens (tertiary/aromatic N) is 1. The van der Waals surface area contributed by atoms with Gasteiger partial charge in [0.15, 0.2) is 11.5 Å². The third-order valence-electron chi connectivity index (χ3n) is 4.20. The van der Waals surface area contributed by atoms with Gasteiger partial charge in [0.2, 0.25) is 0 Å². The molecule has 0 aliphatic carbocycles. The Hall–Kier alpha value is -2.55. The van der Waals surface area contributed by atoms with E-state index >= 15 is 0 Å². The SMILES string of the molecule is COc1cc(/C=C2/SC(=S)N(C)C2=O)ccc1OCCOCCOc1ccccc1. The summed E-state index contributed by atoms with van der Waals surface area (Å²) in [6.07, 6.45) is 1.80. The second-order valence-electron chi connectivity index (χ2n) is 6.27. The predicted octanol–water partition coefficient (Wildman–Crippen LogP) is 4.00. The van der Waals surface area contributed by atoms with Crippen LogP contribution in [0.4, 0.5) is 0 Å². The van der Waals surface area contributed by atoms with Crippen LogP contribution in [0.1, 0.15) is 5.56 Å². The first kappa shape index (κ1) is 22.1. The van der Waals surface area contributed by atoms with Crippen LogP contribution in [-0.4, -0.2) is 55.7 Å². The Morgan fingerprint density at radius 1 is 1.00 bits per heavy atom. The molecule has 1 aliphatic rings. The summed E-state index contributed by atoms with van der Waals surface area (Å²) in [6.45, 7) is 1.77. The van der Waals surface area contributed by atoms with E-state index in [1.165, 1.54) is 16.7 Å². The lowest BCUT2D eigenvalue weighted by Crippen LogP contribution is -2.22. The molecule has 0 spiro atoms. The van der Waals surface area contributed by atoms with Gasteiger partial charge in [-0.3, -0.25) is 9.69 Å². The molecule has 158 valence electrons. The lowest BCUT2D eigenvalue weighted by Gasteiger charge is -2.12. The first-order valence-electron chi connectivity index (χ1n) is 9.36. The zero-order valence-corrected chi connectivity index (χ0v) is 18.5. The molecule has 1 fully saturated rings. The third-order valence-corrected chi connectivity index (χ3v) is 5.68. The van der Waals surface area contributed by atoms with Crippen molar-refractivity contribution in [3.05, 3.63) is 59.0 Å². The Morgan fingerprint density at radius 3 is 2.40 bits per heavy atom. The van der Waals surface area contributed by atoms with Crippen LogP contribution < -0.4 is 14.2 Å². The van der Waals surface area contributed by atoms with E-state index in [1.54, 1.807) is 20.2 Å². The maximum atomic E-state index is 12.1. The van der Waals surface area contributed by atoms with Gasteiger partial charge >= 0.3 is 0 Å². The minimum absolute atomic E-state index is 0.0994. The summed E-state index contributed by atoms with van der Waals surface area (Å²) in [5, 5.41) is 0. The largest absolute Gasteiger partial charge is 0.493 e. The lowest BCUT2D eigenvalue weighted by atomic mass is 10.2. The van der Waals surface area contributed by atoms with Gasteiger partial charge < -0.3 is 18.9 Å². The number of hydrogen-bond acceptors (Lipinski definition) is 7. The lowest BCUT2D eigenvalue weighted by molar-refractivity contribution is -0.121. The number of para-hydroxylation sites is 1. The number of methoxy groups -OCH3 is 1. The minimum Gasteiger partial charge on any atom is -0.493 e. The summed E-state index contributed by atoms with van der Waals surface area (Å²) in [5.74, 6) is 1.92. The number of amides is 1. The van der Waals surface area contributed by atoms with E-state index in [1.807, 2.05) is 48.5 Å². The molecule has 1 aliphatic heterocycles. The van der Waals surface area contributed by atoms with Crippen molar-refractivity contribution >= 4 is 40.3 Å². The summed E-state index contributed by atoms with van der Waals surface area (Å²) in [5.41, 5.74) is 0.836. The molecule has 2 aromatic carbocycles. The highest BCUT2D eigenvalue weighted by atomic mass is 32.2. The summed E-state index contributed by atoms with van der Waals surface area (Å²) < 4.78 is 22.8. The van der Waals surface area contributed by atoms with Crippen molar-refractivity contribution in [3.63, 3.8) is 0 Å². The second kappa shape index (κ2) is 11.0. The van der Waals surface area contributed by atoms with Gasteiger partial charge in [-0.05, 0) is 35.9 Å². The molecular weight excluding hydrogens is 422 g/mol. The highest BCUT2D eigenvalue weighted by molar-refractivity contribution is 8.26. The number of rotatable bonds is 10. The van der Waals surface area contributed by atoms with Crippen molar-refractivity contribution in [2.24, 2.45) is 0 Å². The van der Waals surface area contributed by atoms with Gasteiger partial charge in [0.05, 0.1) is 25.2 Å². The summed E-state index contributed by atoms with van der Waals surface area (Å²) in [7, 11) is 3.25. The number of likely N-dealkylation sites (N-methyl/N-ethyl adjacent to an activating group) is 1. The number of ether oxygens (including phenoxy) is 4. The number of carbonyl (C=O) groups is 1. The number of hydrogen-bond donors (Lipinski definition) is 0. The average Bonchev–Trinajstić information content (AvgIpc) is 3.01. The number of thiocarbonyl (C=S) groups is 1. The summed E-state index contributed by atoms with van der Waals surface area (Å²) >= 11 is 6.44. The number of benzene rings is 2. The quantitative estimate of drug-likeness (QED) is 0.311. The highest BCUT2D eigenvalue weighted by Gasteiger charge is 2.28. The number of carbonyl (C=O) groups excluding carboxylic acids is 1. The van der Waals surface area contributed by atoms with Crippen molar-refractivity contribution in [2.45, 2.75) is 0 Å². The summed E-state index contributed by atoms with van der Waals surface area (Å²) in [6, 6.07) is 15.1. The fourth-order valence-electron chi connectivity index (χ4n) is 2.64. The smallest absolute Gasteiger partial charge is 0.265 e. The Morgan fingerprint density at radius 2 is 1.73 bits per heavy atom. The van der Waals surface area contributed by atoms with Crippen LogP contribution in [0.2, 0.25) is 0 Å². The van der Waals surface area contributed by atoms with Crippen LogP contribution in [0.15, 0.2) is 53.4 Å². The van der Waals surface area contributed by atoms with Gasteiger partial charge in [0.25, 0.3) is 5.91 Å². The fourth-order valence-corrected chi connectivity index (χ4v) is 3.82. The normalized spacial score (nSPS) is 15.0. The van der Waals surface area contributed by atoms with Gasteiger partial charge in [-0.2, -0.15) is 0 Å². The van der Waals surface area contributed by atoms with E-state index in [9.17, 15) is 4.79 Å². The molecular formula is C22H23NO5S2. The van der Waals surface area contributed by atoms with Crippen LogP contribution in [0.5, 0.6) is 17.2 Å². The predicted molar refractivity (Wildman–Crippen MR) is 122 cm³/mol. The average molecular weight is 446 g/mol. The maximum absolute atomic E-state index is 12.1. The van der Waals surface area contributed by atoms with Crippen LogP contribution >= 0.6 is 24.0 Å². The van der Waals surface area contributed by atoms with Gasteiger partial charge in [-0.25, -0.2) is 0 Å². The second-order valence-corrected chi connectivity index (χ2v) is 7.95. The van der Waals surface area contributed by atoms with Gasteiger partial charge in [0.1, 0.15) is 23.3 Å². The maximum Gasteiger partial charge on any atom is 0.265 e. The van der Waals surface area contributed by atoms with Gasteiger partial charge in [0, 0.05) is 7.05 Å². The zero-order valence-electron chi connectivity index (χ0n) is 16.8. The molecule has 0 unspecified atom stereocenters. The molecule has 0 atom stereocenters. The Labute approximate surface area is 185 Å². The van der Waals surface area contributed by atoms with Gasteiger partial charge in [-0.15, -0.1) is 0 Å². The number of thioether (sulfide) groups is 1. The molecule has 1 heterocycles. The van der Waals surface area contributed by atoms with E-state index in [-0.39, 0.29) is 5.91 Å².